The Morgan fingerprint density at radius 3 is 2.33 bits per heavy atom. The topological polar surface area (TPSA) is 57.6 Å². The van der Waals surface area contributed by atoms with Crippen LogP contribution in [-0.4, -0.2) is 34.0 Å². The molecule has 0 bridgehead atoms. The van der Waals surface area contributed by atoms with Crippen molar-refractivity contribution in [1.29, 1.82) is 0 Å². The molecule has 1 aromatic rings. The molecular formula is C15H19F2NO3. The van der Waals surface area contributed by atoms with E-state index in [1.54, 1.807) is 6.92 Å². The zero-order chi connectivity index (χ0) is 16.2. The van der Waals surface area contributed by atoms with E-state index in [0.717, 1.165) is 12.1 Å². The van der Waals surface area contributed by atoms with Gasteiger partial charge in [-0.25, -0.2) is 13.6 Å². The Balaban J connectivity index is 2.75. The third kappa shape index (κ3) is 4.00. The lowest BCUT2D eigenvalue weighted by Crippen LogP contribution is -2.52. The van der Waals surface area contributed by atoms with Crippen LogP contribution >= 0.6 is 0 Å². The maximum absolute atomic E-state index is 13.1. The number of rotatable bonds is 6. The van der Waals surface area contributed by atoms with Gasteiger partial charge in [-0.2, -0.15) is 0 Å². The second-order valence-corrected chi connectivity index (χ2v) is 5.25. The van der Waals surface area contributed by atoms with Crippen molar-refractivity contribution in [2.45, 2.75) is 39.2 Å². The number of amides is 1. The summed E-state index contributed by atoms with van der Waals surface area (Å²) in [5, 5.41) is 9.16. The average molecular weight is 299 g/mol. The highest BCUT2D eigenvalue weighted by atomic mass is 19.2. The third-order valence-electron chi connectivity index (χ3n) is 3.43. The molecule has 0 atom stereocenters. The maximum atomic E-state index is 13.1. The number of aliphatic carboxylic acids is 1. The molecule has 0 aliphatic rings. The SMILES string of the molecule is CCN(C(=O)CCc1ccc(F)c(F)c1)C(C)(C)C(=O)O. The number of nitrogens with zero attached hydrogens (tertiary/aromatic N) is 1. The first-order valence-corrected chi connectivity index (χ1v) is 6.68. The molecule has 0 aliphatic heterocycles. The normalized spacial score (nSPS) is 11.3. The molecule has 0 aromatic heterocycles. The summed E-state index contributed by atoms with van der Waals surface area (Å²) in [6, 6.07) is 3.46. The van der Waals surface area contributed by atoms with Crippen LogP contribution in [0.15, 0.2) is 18.2 Å². The molecule has 0 saturated carbocycles. The second-order valence-electron chi connectivity index (χ2n) is 5.25. The van der Waals surface area contributed by atoms with Gasteiger partial charge in [-0.3, -0.25) is 4.79 Å². The summed E-state index contributed by atoms with van der Waals surface area (Å²) in [5.41, 5.74) is -0.814. The van der Waals surface area contributed by atoms with Crippen molar-refractivity contribution in [3.05, 3.63) is 35.4 Å². The van der Waals surface area contributed by atoms with Gasteiger partial charge in [0.15, 0.2) is 11.6 Å². The van der Waals surface area contributed by atoms with Crippen molar-refractivity contribution >= 4 is 11.9 Å². The number of carbonyl (C=O) groups is 2. The molecule has 1 amide bonds. The standard InChI is InChI=1S/C15H19F2NO3/c1-4-18(15(2,3)14(20)21)13(19)8-6-10-5-7-11(16)12(17)9-10/h5,7,9H,4,6,8H2,1-3H3,(H,20,21). The highest BCUT2D eigenvalue weighted by Crippen LogP contribution is 2.17. The van der Waals surface area contributed by atoms with Gasteiger partial charge in [0.1, 0.15) is 5.54 Å². The lowest BCUT2D eigenvalue weighted by atomic mass is 10.0. The van der Waals surface area contributed by atoms with Crippen LogP contribution < -0.4 is 0 Å². The number of carboxylic acids is 1. The number of carboxylic acid groups (broad SMARTS) is 1. The molecule has 0 spiro atoms. The number of hydrogen-bond acceptors (Lipinski definition) is 2. The highest BCUT2D eigenvalue weighted by molar-refractivity contribution is 5.86. The molecule has 116 valence electrons. The molecule has 1 rings (SSSR count). The van der Waals surface area contributed by atoms with Gasteiger partial charge in [-0.15, -0.1) is 0 Å². The molecule has 0 saturated heterocycles. The molecule has 21 heavy (non-hydrogen) atoms. The molecule has 0 aliphatic carbocycles. The van der Waals surface area contributed by atoms with Gasteiger partial charge in [0, 0.05) is 13.0 Å². The number of halogens is 2. The van der Waals surface area contributed by atoms with Crippen LogP contribution in [0.25, 0.3) is 0 Å². The molecule has 6 heteroatoms. The fourth-order valence-electron chi connectivity index (χ4n) is 2.08. The minimum atomic E-state index is -1.31. The Labute approximate surface area is 122 Å². The predicted octanol–water partition coefficient (Wildman–Crippen LogP) is 2.61. The maximum Gasteiger partial charge on any atom is 0.329 e. The Bertz CT molecular complexity index is 544. The zero-order valence-electron chi connectivity index (χ0n) is 12.3. The quantitative estimate of drug-likeness (QED) is 0.878. The van der Waals surface area contributed by atoms with Gasteiger partial charge >= 0.3 is 5.97 Å². The van der Waals surface area contributed by atoms with E-state index in [9.17, 15) is 18.4 Å². The number of likely N-dealkylation sites (N-methyl/N-ethyl adjacent to an activating group) is 1. The van der Waals surface area contributed by atoms with Crippen LogP contribution in [0, 0.1) is 11.6 Å². The van der Waals surface area contributed by atoms with Gasteiger partial charge < -0.3 is 10.0 Å². The molecule has 1 N–H and O–H groups in total. The van der Waals surface area contributed by atoms with Crippen molar-refractivity contribution in [2.75, 3.05) is 6.54 Å². The van der Waals surface area contributed by atoms with E-state index in [1.807, 2.05) is 0 Å². The summed E-state index contributed by atoms with van der Waals surface area (Å²) in [7, 11) is 0. The molecular weight excluding hydrogens is 280 g/mol. The average Bonchev–Trinajstić information content (AvgIpc) is 2.40. The molecule has 0 radical (unpaired) electrons. The Kier molecular flexibility index (Phi) is 5.41. The van der Waals surface area contributed by atoms with Gasteiger partial charge in [0.25, 0.3) is 0 Å². The first-order valence-electron chi connectivity index (χ1n) is 6.68. The summed E-state index contributed by atoms with van der Waals surface area (Å²) in [6.07, 6.45) is 0.262. The van der Waals surface area contributed by atoms with Crippen LogP contribution in [0.2, 0.25) is 0 Å². The van der Waals surface area contributed by atoms with Gasteiger partial charge in [0.05, 0.1) is 0 Å². The second kappa shape index (κ2) is 6.65. The fourth-order valence-corrected chi connectivity index (χ4v) is 2.08. The van der Waals surface area contributed by atoms with Crippen molar-refractivity contribution in [1.82, 2.24) is 4.90 Å². The summed E-state index contributed by atoms with van der Waals surface area (Å²) < 4.78 is 25.9. The Hall–Kier alpha value is -1.98. The lowest BCUT2D eigenvalue weighted by molar-refractivity contribution is -0.156. The Morgan fingerprint density at radius 1 is 1.24 bits per heavy atom. The van der Waals surface area contributed by atoms with E-state index < -0.39 is 23.1 Å². The van der Waals surface area contributed by atoms with E-state index in [-0.39, 0.29) is 25.3 Å². The first-order chi connectivity index (χ1) is 9.70. The molecule has 4 nitrogen and oxygen atoms in total. The molecule has 0 unspecified atom stereocenters. The van der Waals surface area contributed by atoms with Gasteiger partial charge in [0.2, 0.25) is 5.91 Å². The van der Waals surface area contributed by atoms with E-state index >= 15 is 0 Å². The van der Waals surface area contributed by atoms with E-state index in [1.165, 1.54) is 24.8 Å². The Morgan fingerprint density at radius 2 is 1.86 bits per heavy atom. The summed E-state index contributed by atoms with van der Waals surface area (Å²) >= 11 is 0. The summed E-state index contributed by atoms with van der Waals surface area (Å²) in [6.45, 7) is 4.86. The van der Waals surface area contributed by atoms with Crippen LogP contribution in [0.3, 0.4) is 0 Å². The van der Waals surface area contributed by atoms with Crippen molar-refractivity contribution in [3.8, 4) is 0 Å². The zero-order valence-corrected chi connectivity index (χ0v) is 12.3. The van der Waals surface area contributed by atoms with Gasteiger partial charge in [-0.1, -0.05) is 6.07 Å². The first kappa shape index (κ1) is 17.1. The monoisotopic (exact) mass is 299 g/mol. The highest BCUT2D eigenvalue weighted by Gasteiger charge is 2.36. The van der Waals surface area contributed by atoms with Crippen molar-refractivity contribution in [3.63, 3.8) is 0 Å². The van der Waals surface area contributed by atoms with E-state index in [0.29, 0.717) is 5.56 Å². The fraction of sp³-hybridized carbons (Fsp3) is 0.467. The van der Waals surface area contributed by atoms with Crippen LogP contribution in [0.4, 0.5) is 8.78 Å². The van der Waals surface area contributed by atoms with E-state index in [2.05, 4.69) is 0 Å². The lowest BCUT2D eigenvalue weighted by Gasteiger charge is -2.34. The van der Waals surface area contributed by atoms with Crippen LogP contribution in [0.1, 0.15) is 32.8 Å². The molecule has 1 aromatic carbocycles. The molecule has 0 fully saturated rings. The van der Waals surface area contributed by atoms with Crippen LogP contribution in [-0.2, 0) is 16.0 Å². The minimum absolute atomic E-state index is 0.0373. The predicted molar refractivity (Wildman–Crippen MR) is 73.8 cm³/mol. The number of carbonyl (C=O) groups excluding carboxylic acids is 1. The number of benzene rings is 1. The van der Waals surface area contributed by atoms with E-state index in [4.69, 9.17) is 5.11 Å². The molecule has 0 heterocycles. The van der Waals surface area contributed by atoms with Crippen molar-refractivity contribution in [2.24, 2.45) is 0 Å². The summed E-state index contributed by atoms with van der Waals surface area (Å²) in [5.74, 6) is -3.33. The minimum Gasteiger partial charge on any atom is -0.480 e. The summed E-state index contributed by atoms with van der Waals surface area (Å²) in [4.78, 5) is 24.6. The largest absolute Gasteiger partial charge is 0.480 e. The number of aryl methyl sites for hydroxylation is 1. The third-order valence-corrected chi connectivity index (χ3v) is 3.43. The number of hydrogen-bond donors (Lipinski definition) is 1. The van der Waals surface area contributed by atoms with Crippen molar-refractivity contribution < 1.29 is 23.5 Å². The smallest absolute Gasteiger partial charge is 0.329 e. The van der Waals surface area contributed by atoms with Crippen LogP contribution in [0.5, 0.6) is 0 Å². The van der Waals surface area contributed by atoms with Gasteiger partial charge in [-0.05, 0) is 44.9 Å².